The number of rotatable bonds is 9. The van der Waals surface area contributed by atoms with Crippen molar-refractivity contribution in [3.05, 3.63) is 65.4 Å². The monoisotopic (exact) mass is 407 g/mol. The number of imidazole rings is 1. The summed E-state index contributed by atoms with van der Waals surface area (Å²) < 4.78 is 1.82. The van der Waals surface area contributed by atoms with Crippen LogP contribution in [0, 0.1) is 13.8 Å². The van der Waals surface area contributed by atoms with Crippen LogP contribution in [-0.2, 0) is 11.2 Å². The summed E-state index contributed by atoms with van der Waals surface area (Å²) in [5.41, 5.74) is 4.24. The van der Waals surface area contributed by atoms with Crippen molar-refractivity contribution in [2.24, 2.45) is 0 Å². The highest BCUT2D eigenvalue weighted by Crippen LogP contribution is 2.15. The lowest BCUT2D eigenvalue weighted by Crippen LogP contribution is -2.33. The summed E-state index contributed by atoms with van der Waals surface area (Å²) in [5, 5.41) is 2.93. The first-order chi connectivity index (χ1) is 14.5. The third kappa shape index (κ3) is 5.03. The van der Waals surface area contributed by atoms with Gasteiger partial charge in [-0.2, -0.15) is 0 Å². The standard InChI is InChI=1S/C23H29N5O2/c1-4-27(16-11-19-9-13-24-14-10-19)20(29)8-5-12-25-23(30)21-18(3)26-22-17(2)7-6-15-28(21)22/h6-7,9-10,13-15H,4-5,8,11-12,16H2,1-3H3,(H,25,30). The fourth-order valence-corrected chi connectivity index (χ4v) is 3.55. The molecule has 0 saturated carbocycles. The molecule has 158 valence electrons. The van der Waals surface area contributed by atoms with Crippen molar-refractivity contribution in [1.82, 2.24) is 24.6 Å². The lowest BCUT2D eigenvalue weighted by molar-refractivity contribution is -0.131. The number of hydrogen-bond acceptors (Lipinski definition) is 4. The van der Waals surface area contributed by atoms with Gasteiger partial charge in [0, 0.05) is 44.6 Å². The first-order valence-electron chi connectivity index (χ1n) is 10.4. The molecule has 0 unspecified atom stereocenters. The van der Waals surface area contributed by atoms with Gasteiger partial charge in [-0.05, 0) is 62.9 Å². The van der Waals surface area contributed by atoms with Crippen LogP contribution in [0.2, 0.25) is 0 Å². The molecule has 0 aromatic carbocycles. The molecule has 3 aromatic heterocycles. The van der Waals surface area contributed by atoms with E-state index in [1.54, 1.807) is 12.4 Å². The normalized spacial score (nSPS) is 10.9. The van der Waals surface area contributed by atoms with E-state index in [0.717, 1.165) is 17.6 Å². The molecule has 0 aliphatic heterocycles. The number of aromatic nitrogens is 3. The van der Waals surface area contributed by atoms with Crippen molar-refractivity contribution >= 4 is 17.5 Å². The Bertz CT molecular complexity index is 1010. The van der Waals surface area contributed by atoms with Crippen LogP contribution in [0.5, 0.6) is 0 Å². The number of carbonyl (C=O) groups is 2. The number of pyridine rings is 2. The van der Waals surface area contributed by atoms with Crippen LogP contribution in [-0.4, -0.2) is 50.7 Å². The van der Waals surface area contributed by atoms with Gasteiger partial charge in [-0.1, -0.05) is 6.07 Å². The molecule has 0 bridgehead atoms. The van der Waals surface area contributed by atoms with Crippen molar-refractivity contribution in [3.8, 4) is 0 Å². The number of hydrogen-bond donors (Lipinski definition) is 1. The zero-order chi connectivity index (χ0) is 21.5. The first-order valence-corrected chi connectivity index (χ1v) is 10.4. The van der Waals surface area contributed by atoms with E-state index in [2.05, 4.69) is 15.3 Å². The van der Waals surface area contributed by atoms with E-state index >= 15 is 0 Å². The zero-order valence-corrected chi connectivity index (χ0v) is 17.9. The van der Waals surface area contributed by atoms with Crippen molar-refractivity contribution in [2.75, 3.05) is 19.6 Å². The summed E-state index contributed by atoms with van der Waals surface area (Å²) >= 11 is 0. The van der Waals surface area contributed by atoms with Crippen molar-refractivity contribution in [3.63, 3.8) is 0 Å². The Kier molecular flexibility index (Phi) is 7.17. The Hall–Kier alpha value is -3.22. The molecule has 7 nitrogen and oxygen atoms in total. The molecule has 0 radical (unpaired) electrons. The van der Waals surface area contributed by atoms with Crippen LogP contribution < -0.4 is 5.32 Å². The van der Waals surface area contributed by atoms with E-state index in [9.17, 15) is 9.59 Å². The van der Waals surface area contributed by atoms with E-state index in [1.807, 2.05) is 60.5 Å². The average molecular weight is 408 g/mol. The lowest BCUT2D eigenvalue weighted by Gasteiger charge is -2.21. The minimum atomic E-state index is -0.164. The number of likely N-dealkylation sites (N-methyl/N-ethyl adjacent to an activating group) is 1. The number of amides is 2. The molecule has 0 saturated heterocycles. The van der Waals surface area contributed by atoms with Crippen LogP contribution in [0.15, 0.2) is 42.9 Å². The number of fused-ring (bicyclic) bond motifs is 1. The molecule has 0 aliphatic rings. The number of nitrogens with zero attached hydrogens (tertiary/aromatic N) is 4. The summed E-state index contributed by atoms with van der Waals surface area (Å²) in [6.45, 7) is 7.62. The maximum Gasteiger partial charge on any atom is 0.270 e. The predicted molar refractivity (Wildman–Crippen MR) is 116 cm³/mol. The van der Waals surface area contributed by atoms with Crippen LogP contribution >= 0.6 is 0 Å². The van der Waals surface area contributed by atoms with Gasteiger partial charge in [0.2, 0.25) is 5.91 Å². The highest BCUT2D eigenvalue weighted by Gasteiger charge is 2.17. The van der Waals surface area contributed by atoms with Gasteiger partial charge in [0.25, 0.3) is 5.91 Å². The predicted octanol–water partition coefficient (Wildman–Crippen LogP) is 2.95. The molecule has 3 aromatic rings. The lowest BCUT2D eigenvalue weighted by atomic mass is 10.2. The Morgan fingerprint density at radius 1 is 1.17 bits per heavy atom. The first kappa shape index (κ1) is 21.5. The molecule has 7 heteroatoms. The van der Waals surface area contributed by atoms with Crippen molar-refractivity contribution in [1.29, 1.82) is 0 Å². The second-order valence-corrected chi connectivity index (χ2v) is 7.37. The third-order valence-corrected chi connectivity index (χ3v) is 5.24. The van der Waals surface area contributed by atoms with Gasteiger partial charge in [0.15, 0.2) is 0 Å². The fraction of sp³-hybridized carbons (Fsp3) is 0.391. The maximum atomic E-state index is 12.7. The smallest absolute Gasteiger partial charge is 0.270 e. The summed E-state index contributed by atoms with van der Waals surface area (Å²) in [4.78, 5) is 35.6. The van der Waals surface area contributed by atoms with Gasteiger partial charge >= 0.3 is 0 Å². The second kappa shape index (κ2) is 10.0. The third-order valence-electron chi connectivity index (χ3n) is 5.24. The Morgan fingerprint density at radius 2 is 1.93 bits per heavy atom. The molecule has 3 heterocycles. The maximum absolute atomic E-state index is 12.7. The minimum absolute atomic E-state index is 0.113. The van der Waals surface area contributed by atoms with Gasteiger partial charge < -0.3 is 10.2 Å². The van der Waals surface area contributed by atoms with Crippen molar-refractivity contribution in [2.45, 2.75) is 40.0 Å². The Labute approximate surface area is 177 Å². The van der Waals surface area contributed by atoms with Gasteiger partial charge in [0.1, 0.15) is 11.3 Å². The largest absolute Gasteiger partial charge is 0.351 e. The summed E-state index contributed by atoms with van der Waals surface area (Å²) in [6.07, 6.45) is 7.21. The molecule has 0 spiro atoms. The summed E-state index contributed by atoms with van der Waals surface area (Å²) in [6, 6.07) is 7.82. The average Bonchev–Trinajstić information content (AvgIpc) is 3.09. The quantitative estimate of drug-likeness (QED) is 0.553. The van der Waals surface area contributed by atoms with E-state index in [4.69, 9.17) is 0 Å². The number of aryl methyl sites for hydroxylation is 2. The number of nitrogens with one attached hydrogen (secondary N) is 1. The highest BCUT2D eigenvalue weighted by atomic mass is 16.2. The number of carbonyl (C=O) groups excluding carboxylic acids is 2. The molecule has 30 heavy (non-hydrogen) atoms. The molecule has 1 N–H and O–H groups in total. The van der Waals surface area contributed by atoms with Crippen LogP contribution in [0.1, 0.15) is 47.1 Å². The summed E-state index contributed by atoms with van der Waals surface area (Å²) in [5.74, 6) is -0.0505. The molecule has 3 rings (SSSR count). The SMILES string of the molecule is CCN(CCc1ccncc1)C(=O)CCCNC(=O)c1c(C)nc2c(C)cccn12. The van der Waals surface area contributed by atoms with Crippen molar-refractivity contribution < 1.29 is 9.59 Å². The van der Waals surface area contributed by atoms with Crippen LogP contribution in [0.3, 0.4) is 0 Å². The van der Waals surface area contributed by atoms with Gasteiger partial charge in [0.05, 0.1) is 5.69 Å². The molecule has 0 fully saturated rings. The van der Waals surface area contributed by atoms with E-state index in [-0.39, 0.29) is 11.8 Å². The second-order valence-electron chi connectivity index (χ2n) is 7.37. The van der Waals surface area contributed by atoms with E-state index in [0.29, 0.717) is 43.9 Å². The molecule has 0 aliphatic carbocycles. The van der Waals surface area contributed by atoms with E-state index in [1.165, 1.54) is 5.56 Å². The van der Waals surface area contributed by atoms with Gasteiger partial charge in [-0.3, -0.25) is 19.0 Å². The molecular formula is C23H29N5O2. The Balaban J connectivity index is 1.48. The minimum Gasteiger partial charge on any atom is -0.351 e. The van der Waals surface area contributed by atoms with Gasteiger partial charge in [-0.25, -0.2) is 4.98 Å². The Morgan fingerprint density at radius 3 is 2.67 bits per heavy atom. The topological polar surface area (TPSA) is 79.6 Å². The van der Waals surface area contributed by atoms with E-state index < -0.39 is 0 Å². The molecule has 2 amide bonds. The summed E-state index contributed by atoms with van der Waals surface area (Å²) in [7, 11) is 0. The molecular weight excluding hydrogens is 378 g/mol. The van der Waals surface area contributed by atoms with Gasteiger partial charge in [-0.15, -0.1) is 0 Å². The fourth-order valence-electron chi connectivity index (χ4n) is 3.55. The van der Waals surface area contributed by atoms with Crippen LogP contribution in [0.25, 0.3) is 5.65 Å². The van der Waals surface area contributed by atoms with Crippen LogP contribution in [0.4, 0.5) is 0 Å². The molecule has 0 atom stereocenters. The highest BCUT2D eigenvalue weighted by molar-refractivity contribution is 5.94. The zero-order valence-electron chi connectivity index (χ0n) is 17.9.